The van der Waals surface area contributed by atoms with Crippen LogP contribution < -0.4 is 10.5 Å². The average Bonchev–Trinajstić information content (AvgIpc) is 3.08. The number of nitriles is 1. The lowest BCUT2D eigenvalue weighted by molar-refractivity contribution is -0.0469. The molecule has 2 aromatic heterocycles. The second-order valence-electron chi connectivity index (χ2n) is 5.69. The number of ether oxygens (including phenoxy) is 2. The number of aliphatic hydroxyl groups excluding tert-OH is 2. The van der Waals surface area contributed by atoms with E-state index in [0.717, 1.165) is 0 Å². The lowest BCUT2D eigenvalue weighted by Crippen LogP contribution is -2.37. The second-order valence-corrected chi connectivity index (χ2v) is 5.69. The monoisotopic (exact) mass is 334 g/mol. The van der Waals surface area contributed by atoms with Gasteiger partial charge < -0.3 is 25.4 Å². The SMILES string of the molecule is CCOc1nc(N)nc2c1ncn2C1O[C@H](CO)[C@@H](O)[C@@]1(C)C#N. The van der Waals surface area contributed by atoms with Crippen molar-refractivity contribution in [2.45, 2.75) is 32.3 Å². The first kappa shape index (κ1) is 16.4. The first-order chi connectivity index (χ1) is 11.5. The van der Waals surface area contributed by atoms with Crippen LogP contribution in [0, 0.1) is 16.7 Å². The highest BCUT2D eigenvalue weighted by Gasteiger charge is 2.55. The van der Waals surface area contributed by atoms with E-state index in [0.29, 0.717) is 17.8 Å². The van der Waals surface area contributed by atoms with E-state index in [2.05, 4.69) is 21.0 Å². The van der Waals surface area contributed by atoms with Crippen LogP contribution in [0.4, 0.5) is 5.95 Å². The molecular weight excluding hydrogens is 316 g/mol. The number of aromatic nitrogens is 4. The Morgan fingerprint density at radius 2 is 2.29 bits per heavy atom. The van der Waals surface area contributed by atoms with Crippen LogP contribution in [0.15, 0.2) is 6.33 Å². The van der Waals surface area contributed by atoms with Gasteiger partial charge in [-0.2, -0.15) is 15.2 Å². The molecule has 1 saturated heterocycles. The van der Waals surface area contributed by atoms with Crippen molar-refractivity contribution in [2.24, 2.45) is 5.41 Å². The molecule has 0 bridgehead atoms. The first-order valence-electron chi connectivity index (χ1n) is 7.44. The number of rotatable bonds is 4. The molecule has 0 spiro atoms. The van der Waals surface area contributed by atoms with Gasteiger partial charge in [0.15, 0.2) is 17.4 Å². The van der Waals surface area contributed by atoms with Gasteiger partial charge in [-0.05, 0) is 13.8 Å². The Hall–Kier alpha value is -2.48. The largest absolute Gasteiger partial charge is 0.476 e. The van der Waals surface area contributed by atoms with Crippen LogP contribution in [-0.4, -0.2) is 55.2 Å². The van der Waals surface area contributed by atoms with Gasteiger partial charge in [-0.15, -0.1) is 0 Å². The van der Waals surface area contributed by atoms with Crippen LogP contribution in [0.2, 0.25) is 0 Å². The van der Waals surface area contributed by atoms with Crippen LogP contribution in [-0.2, 0) is 4.74 Å². The Balaban J connectivity index is 2.14. The minimum Gasteiger partial charge on any atom is -0.476 e. The predicted octanol–water partition coefficient (Wildman–Crippen LogP) is -0.412. The maximum absolute atomic E-state index is 10.3. The number of hydrogen-bond acceptors (Lipinski definition) is 9. The summed E-state index contributed by atoms with van der Waals surface area (Å²) in [6.45, 7) is 3.32. The van der Waals surface area contributed by atoms with Gasteiger partial charge in [0.2, 0.25) is 11.8 Å². The van der Waals surface area contributed by atoms with Gasteiger partial charge in [0.1, 0.15) is 17.6 Å². The van der Waals surface area contributed by atoms with E-state index in [1.165, 1.54) is 10.9 Å². The number of nitrogen functional groups attached to an aromatic ring is 1. The van der Waals surface area contributed by atoms with Crippen LogP contribution in [0.25, 0.3) is 11.2 Å². The van der Waals surface area contributed by atoms with Gasteiger partial charge in [0, 0.05) is 0 Å². The van der Waals surface area contributed by atoms with E-state index < -0.39 is 30.5 Å². The predicted molar refractivity (Wildman–Crippen MR) is 81.6 cm³/mol. The standard InChI is InChI=1S/C14H18N6O4/c1-3-23-11-8-10(18-13(16)19-11)20(6-17-8)12-14(2,5-15)9(22)7(4-21)24-12/h6-7,9,12,21-22H,3-4H2,1-2H3,(H2,16,18,19)/t7-,9-,12?,14-/m1/s1. The van der Waals surface area contributed by atoms with Crippen molar-refractivity contribution >= 4 is 17.1 Å². The summed E-state index contributed by atoms with van der Waals surface area (Å²) in [7, 11) is 0. The zero-order chi connectivity index (χ0) is 17.5. The molecule has 1 unspecified atom stereocenters. The quantitative estimate of drug-likeness (QED) is 0.677. The molecule has 4 N–H and O–H groups in total. The maximum atomic E-state index is 10.3. The summed E-state index contributed by atoms with van der Waals surface area (Å²) in [5.74, 6) is 0.221. The number of fused-ring (bicyclic) bond motifs is 1. The van der Waals surface area contributed by atoms with Crippen molar-refractivity contribution in [1.29, 1.82) is 5.26 Å². The third-order valence-electron chi connectivity index (χ3n) is 4.14. The molecule has 128 valence electrons. The van der Waals surface area contributed by atoms with Gasteiger partial charge in [0.25, 0.3) is 0 Å². The third-order valence-corrected chi connectivity index (χ3v) is 4.14. The molecule has 2 aromatic rings. The van der Waals surface area contributed by atoms with Crippen molar-refractivity contribution in [3.8, 4) is 11.9 Å². The highest BCUT2D eigenvalue weighted by Crippen LogP contribution is 2.45. The minimum atomic E-state index is -1.30. The summed E-state index contributed by atoms with van der Waals surface area (Å²) >= 11 is 0. The van der Waals surface area contributed by atoms with Crippen molar-refractivity contribution in [3.63, 3.8) is 0 Å². The Labute approximate surface area is 137 Å². The van der Waals surface area contributed by atoms with E-state index in [-0.39, 0.29) is 11.8 Å². The summed E-state index contributed by atoms with van der Waals surface area (Å²) in [6, 6.07) is 2.07. The van der Waals surface area contributed by atoms with Gasteiger partial charge >= 0.3 is 0 Å². The average molecular weight is 334 g/mol. The Bertz CT molecular complexity index is 802. The molecule has 1 aliphatic heterocycles. The Morgan fingerprint density at radius 3 is 2.92 bits per heavy atom. The van der Waals surface area contributed by atoms with E-state index in [1.807, 2.05) is 0 Å². The van der Waals surface area contributed by atoms with Crippen molar-refractivity contribution in [1.82, 2.24) is 19.5 Å². The van der Waals surface area contributed by atoms with Gasteiger partial charge in [-0.1, -0.05) is 0 Å². The molecule has 0 aromatic carbocycles. The lowest BCUT2D eigenvalue weighted by Gasteiger charge is -2.25. The summed E-state index contributed by atoms with van der Waals surface area (Å²) in [4.78, 5) is 12.4. The van der Waals surface area contributed by atoms with Gasteiger partial charge in [0.05, 0.1) is 25.6 Å². The number of nitrogens with two attached hydrogens (primary N) is 1. The zero-order valence-electron chi connectivity index (χ0n) is 13.2. The number of imidazole rings is 1. The van der Waals surface area contributed by atoms with Gasteiger partial charge in [-0.25, -0.2) is 4.98 Å². The molecule has 0 saturated carbocycles. The number of aliphatic hydroxyl groups is 2. The molecule has 0 aliphatic carbocycles. The first-order valence-corrected chi connectivity index (χ1v) is 7.44. The number of hydrogen-bond donors (Lipinski definition) is 3. The summed E-state index contributed by atoms with van der Waals surface area (Å²) in [5.41, 5.74) is 5.12. The third kappa shape index (κ3) is 2.25. The van der Waals surface area contributed by atoms with Crippen LogP contribution in [0.1, 0.15) is 20.1 Å². The van der Waals surface area contributed by atoms with Gasteiger partial charge in [-0.3, -0.25) is 4.57 Å². The number of nitrogens with zero attached hydrogens (tertiary/aromatic N) is 5. The molecule has 4 atom stereocenters. The van der Waals surface area contributed by atoms with Crippen molar-refractivity contribution < 1.29 is 19.7 Å². The summed E-state index contributed by atoms with van der Waals surface area (Å²) in [5, 5.41) is 29.2. The van der Waals surface area contributed by atoms with Crippen LogP contribution in [0.3, 0.4) is 0 Å². The molecule has 3 rings (SSSR count). The molecule has 0 radical (unpaired) electrons. The van der Waals surface area contributed by atoms with Crippen LogP contribution >= 0.6 is 0 Å². The second kappa shape index (κ2) is 5.86. The number of anilines is 1. The van der Waals surface area contributed by atoms with E-state index >= 15 is 0 Å². The zero-order valence-corrected chi connectivity index (χ0v) is 13.2. The molecule has 3 heterocycles. The molecule has 10 heteroatoms. The molecular formula is C14H18N6O4. The van der Waals surface area contributed by atoms with Crippen molar-refractivity contribution in [3.05, 3.63) is 6.33 Å². The molecule has 1 aliphatic rings. The fourth-order valence-corrected chi connectivity index (χ4v) is 2.85. The molecule has 10 nitrogen and oxygen atoms in total. The fourth-order valence-electron chi connectivity index (χ4n) is 2.85. The molecule has 24 heavy (non-hydrogen) atoms. The Morgan fingerprint density at radius 1 is 1.54 bits per heavy atom. The smallest absolute Gasteiger partial charge is 0.247 e. The van der Waals surface area contributed by atoms with E-state index in [1.54, 1.807) is 13.8 Å². The summed E-state index contributed by atoms with van der Waals surface area (Å²) in [6.07, 6.45) is -1.53. The maximum Gasteiger partial charge on any atom is 0.247 e. The van der Waals surface area contributed by atoms with E-state index in [4.69, 9.17) is 15.2 Å². The minimum absolute atomic E-state index is 0.0105. The Kier molecular flexibility index (Phi) is 4.00. The molecule has 0 amide bonds. The fraction of sp³-hybridized carbons (Fsp3) is 0.571. The topological polar surface area (TPSA) is 152 Å². The molecule has 1 fully saturated rings. The lowest BCUT2D eigenvalue weighted by atomic mass is 9.84. The highest BCUT2D eigenvalue weighted by molar-refractivity contribution is 5.77. The van der Waals surface area contributed by atoms with Crippen molar-refractivity contribution in [2.75, 3.05) is 18.9 Å². The summed E-state index contributed by atoms with van der Waals surface area (Å²) < 4.78 is 12.6. The van der Waals surface area contributed by atoms with E-state index in [9.17, 15) is 15.5 Å². The normalized spacial score (nSPS) is 29.7. The highest BCUT2D eigenvalue weighted by atomic mass is 16.5. The van der Waals surface area contributed by atoms with Crippen LogP contribution in [0.5, 0.6) is 5.88 Å².